The first-order chi connectivity index (χ1) is 11.1. The Kier molecular flexibility index (Phi) is 4.10. The summed E-state index contributed by atoms with van der Waals surface area (Å²) in [5, 5.41) is 33.0. The average molecular weight is 311 g/mol. The minimum atomic E-state index is -1.60. The summed E-state index contributed by atoms with van der Waals surface area (Å²) < 4.78 is 1.28. The largest absolute Gasteiger partial charge is 0.493 e. The fourth-order valence-electron chi connectivity index (χ4n) is 2.39. The van der Waals surface area contributed by atoms with Crippen molar-refractivity contribution in [2.24, 2.45) is 0 Å². The third-order valence-corrected chi connectivity index (χ3v) is 3.74. The molecule has 3 N–H and O–H groups in total. The van der Waals surface area contributed by atoms with Gasteiger partial charge in [-0.3, -0.25) is 0 Å². The van der Waals surface area contributed by atoms with Crippen LogP contribution in [0.4, 0.5) is 0 Å². The van der Waals surface area contributed by atoms with Gasteiger partial charge in [-0.2, -0.15) is 9.78 Å². The number of aliphatic hydroxyl groups excluding tert-OH is 1. The van der Waals surface area contributed by atoms with Gasteiger partial charge in [0.1, 0.15) is 0 Å². The Bertz CT molecular complexity index is 800. The lowest BCUT2D eigenvalue weighted by Gasteiger charge is -2.09. The van der Waals surface area contributed by atoms with E-state index >= 15 is 0 Å². The van der Waals surface area contributed by atoms with Gasteiger partial charge in [0.05, 0.1) is 5.69 Å². The number of hydrogen-bond donors (Lipinski definition) is 3. The molecule has 0 aliphatic heterocycles. The van der Waals surface area contributed by atoms with Crippen LogP contribution >= 0.6 is 0 Å². The van der Waals surface area contributed by atoms with Crippen LogP contribution in [0, 0.1) is 0 Å². The molecule has 0 amide bonds. The number of hydrogen-bond acceptors (Lipinski definition) is 5. The fourth-order valence-corrected chi connectivity index (χ4v) is 2.39. The van der Waals surface area contributed by atoms with Gasteiger partial charge >= 0.3 is 0 Å². The monoisotopic (exact) mass is 311 g/mol. The van der Waals surface area contributed by atoms with Crippen molar-refractivity contribution >= 4 is 0 Å². The van der Waals surface area contributed by atoms with Crippen LogP contribution in [0.15, 0.2) is 54.7 Å². The number of nitrogens with zero attached hydrogens (tertiary/aromatic N) is 3. The molecule has 0 fully saturated rings. The molecular formula is C17H17N3O3. The minimum Gasteiger partial charge on any atom is -0.493 e. The Labute approximate surface area is 133 Å². The van der Waals surface area contributed by atoms with Gasteiger partial charge in [0.25, 0.3) is 0 Å². The summed E-state index contributed by atoms with van der Waals surface area (Å²) in [6, 6.07) is 14.4. The zero-order valence-electron chi connectivity index (χ0n) is 12.5. The first kappa shape index (κ1) is 15.2. The number of aliphatic hydroxyl groups is 2. The van der Waals surface area contributed by atoms with Crippen LogP contribution in [0.1, 0.15) is 36.0 Å². The number of aromatic hydroxyl groups is 1. The number of rotatable bonds is 4. The first-order valence-corrected chi connectivity index (χ1v) is 7.22. The Morgan fingerprint density at radius 2 is 1.74 bits per heavy atom. The highest BCUT2D eigenvalue weighted by Crippen LogP contribution is 2.27. The molecular weight excluding hydrogens is 294 g/mol. The van der Waals surface area contributed by atoms with Crippen LogP contribution in [0.3, 0.4) is 0 Å². The maximum absolute atomic E-state index is 10.1. The second kappa shape index (κ2) is 6.20. The molecule has 118 valence electrons. The van der Waals surface area contributed by atoms with Crippen LogP contribution < -0.4 is 0 Å². The topological polar surface area (TPSA) is 91.4 Å². The SMILES string of the molecule is CC(c1ccccc1)c1cc(O)n(-c2cc(C(O)O)ccn2)n1. The summed E-state index contributed by atoms with van der Waals surface area (Å²) in [4.78, 5) is 4.12. The molecule has 2 aromatic heterocycles. The van der Waals surface area contributed by atoms with E-state index in [4.69, 9.17) is 0 Å². The maximum Gasteiger partial charge on any atom is 0.215 e. The molecule has 1 unspecified atom stereocenters. The van der Waals surface area contributed by atoms with Crippen molar-refractivity contribution in [1.29, 1.82) is 0 Å². The lowest BCUT2D eigenvalue weighted by molar-refractivity contribution is -0.0425. The number of benzene rings is 1. The van der Waals surface area contributed by atoms with Gasteiger partial charge in [0.2, 0.25) is 5.88 Å². The highest BCUT2D eigenvalue weighted by molar-refractivity contribution is 5.35. The molecule has 0 radical (unpaired) electrons. The fraction of sp³-hybridized carbons (Fsp3) is 0.176. The van der Waals surface area contributed by atoms with E-state index in [0.717, 1.165) is 5.56 Å². The van der Waals surface area contributed by atoms with Crippen molar-refractivity contribution in [3.05, 3.63) is 71.5 Å². The predicted molar refractivity (Wildman–Crippen MR) is 84.2 cm³/mol. The number of aromatic nitrogens is 3. The molecule has 23 heavy (non-hydrogen) atoms. The van der Waals surface area contributed by atoms with Gasteiger partial charge in [-0.25, -0.2) is 4.98 Å². The summed E-state index contributed by atoms with van der Waals surface area (Å²) in [6.45, 7) is 2.00. The van der Waals surface area contributed by atoms with Crippen molar-refractivity contribution in [2.75, 3.05) is 0 Å². The molecule has 3 rings (SSSR count). The highest BCUT2D eigenvalue weighted by Gasteiger charge is 2.17. The van der Waals surface area contributed by atoms with E-state index in [9.17, 15) is 15.3 Å². The van der Waals surface area contributed by atoms with Crippen LogP contribution in [0.2, 0.25) is 0 Å². The average Bonchev–Trinajstić information content (AvgIpc) is 2.97. The molecule has 6 nitrogen and oxygen atoms in total. The summed E-state index contributed by atoms with van der Waals surface area (Å²) in [5.41, 5.74) is 2.07. The lowest BCUT2D eigenvalue weighted by Crippen LogP contribution is -2.04. The second-order valence-corrected chi connectivity index (χ2v) is 5.29. The van der Waals surface area contributed by atoms with Crippen molar-refractivity contribution < 1.29 is 15.3 Å². The summed E-state index contributed by atoms with van der Waals surface area (Å²) in [7, 11) is 0. The molecule has 0 saturated carbocycles. The van der Waals surface area contributed by atoms with Crippen LogP contribution in [0.25, 0.3) is 5.82 Å². The van der Waals surface area contributed by atoms with Crippen molar-refractivity contribution in [1.82, 2.24) is 14.8 Å². The zero-order chi connectivity index (χ0) is 16.4. The Morgan fingerprint density at radius 3 is 2.43 bits per heavy atom. The van der Waals surface area contributed by atoms with E-state index in [2.05, 4.69) is 10.1 Å². The molecule has 0 saturated heterocycles. The molecule has 2 heterocycles. The summed E-state index contributed by atoms with van der Waals surface area (Å²) in [6.07, 6.45) is -0.164. The van der Waals surface area contributed by atoms with Gasteiger partial charge < -0.3 is 15.3 Å². The van der Waals surface area contributed by atoms with Crippen LogP contribution in [0.5, 0.6) is 5.88 Å². The van der Waals surface area contributed by atoms with Crippen LogP contribution in [-0.4, -0.2) is 30.1 Å². The molecule has 1 aromatic carbocycles. The Hall–Kier alpha value is -2.70. The Balaban J connectivity index is 1.97. The quantitative estimate of drug-likeness (QED) is 0.642. The molecule has 1 atom stereocenters. The second-order valence-electron chi connectivity index (χ2n) is 5.29. The van der Waals surface area contributed by atoms with Gasteiger partial charge in [0, 0.05) is 23.7 Å². The van der Waals surface area contributed by atoms with Crippen LogP contribution in [-0.2, 0) is 0 Å². The third kappa shape index (κ3) is 3.08. The van der Waals surface area contributed by atoms with E-state index in [1.807, 2.05) is 37.3 Å². The van der Waals surface area contributed by atoms with E-state index in [-0.39, 0.29) is 17.4 Å². The smallest absolute Gasteiger partial charge is 0.215 e. The molecule has 6 heteroatoms. The maximum atomic E-state index is 10.1. The van der Waals surface area contributed by atoms with Gasteiger partial charge in [-0.1, -0.05) is 37.3 Å². The third-order valence-electron chi connectivity index (χ3n) is 3.74. The first-order valence-electron chi connectivity index (χ1n) is 7.22. The molecule has 0 spiro atoms. The highest BCUT2D eigenvalue weighted by atomic mass is 16.5. The normalized spacial score (nSPS) is 12.5. The predicted octanol–water partition coefficient (Wildman–Crippen LogP) is 2.11. The van der Waals surface area contributed by atoms with E-state index < -0.39 is 6.29 Å². The van der Waals surface area contributed by atoms with Crippen molar-refractivity contribution in [2.45, 2.75) is 19.1 Å². The summed E-state index contributed by atoms with van der Waals surface area (Å²) in [5.74, 6) is 0.273. The van der Waals surface area contributed by atoms with E-state index in [1.54, 1.807) is 6.07 Å². The van der Waals surface area contributed by atoms with E-state index in [0.29, 0.717) is 11.5 Å². The zero-order valence-corrected chi connectivity index (χ0v) is 12.5. The molecule has 0 aliphatic carbocycles. The van der Waals surface area contributed by atoms with E-state index in [1.165, 1.54) is 23.0 Å². The standard InChI is InChI=1S/C17H17N3O3/c1-11(12-5-3-2-4-6-12)14-10-16(21)20(19-14)15-9-13(17(22)23)7-8-18-15/h2-11,17,21-23H,1H3. The van der Waals surface area contributed by atoms with Gasteiger partial charge in [-0.05, 0) is 17.7 Å². The minimum absolute atomic E-state index is 0.00923. The molecule has 3 aromatic rings. The lowest BCUT2D eigenvalue weighted by atomic mass is 9.98. The molecule has 0 bridgehead atoms. The Morgan fingerprint density at radius 1 is 1.00 bits per heavy atom. The van der Waals surface area contributed by atoms with Gasteiger partial charge in [0.15, 0.2) is 12.1 Å². The van der Waals surface area contributed by atoms with Crippen molar-refractivity contribution in [3.63, 3.8) is 0 Å². The van der Waals surface area contributed by atoms with Crippen molar-refractivity contribution in [3.8, 4) is 11.7 Å². The van der Waals surface area contributed by atoms with Gasteiger partial charge in [-0.15, -0.1) is 0 Å². The summed E-state index contributed by atoms with van der Waals surface area (Å²) >= 11 is 0. The number of pyridine rings is 1. The molecule has 0 aliphatic rings.